The molecule has 0 amide bonds. The molecule has 124 valence electrons. The van der Waals surface area contributed by atoms with E-state index in [1.165, 1.54) is 35.7 Å². The molecule has 0 aliphatic carbocycles. The monoisotopic (exact) mass is 322 g/mol. The van der Waals surface area contributed by atoms with Gasteiger partial charge < -0.3 is 15.5 Å². The highest BCUT2D eigenvalue weighted by Crippen LogP contribution is 2.16. The average Bonchev–Trinajstić information content (AvgIpc) is 2.91. The normalized spacial score (nSPS) is 18.0. The lowest BCUT2D eigenvalue weighted by atomic mass is 10.0. The van der Waals surface area contributed by atoms with Crippen LogP contribution in [-0.4, -0.2) is 42.6 Å². The molecular formula is C17H30N4S. The van der Waals surface area contributed by atoms with Gasteiger partial charge in [0.15, 0.2) is 5.96 Å². The largest absolute Gasteiger partial charge is 0.357 e. The summed E-state index contributed by atoms with van der Waals surface area (Å²) in [6.07, 6.45) is 2.39. The Balaban J connectivity index is 1.86. The van der Waals surface area contributed by atoms with Gasteiger partial charge in [0.2, 0.25) is 0 Å². The molecule has 22 heavy (non-hydrogen) atoms. The van der Waals surface area contributed by atoms with E-state index in [0.29, 0.717) is 12.1 Å². The number of rotatable bonds is 5. The Morgan fingerprint density at radius 1 is 1.36 bits per heavy atom. The number of nitrogens with zero attached hydrogens (tertiary/aromatic N) is 2. The first-order valence-electron chi connectivity index (χ1n) is 8.42. The van der Waals surface area contributed by atoms with Crippen molar-refractivity contribution in [3.05, 3.63) is 21.9 Å². The predicted octanol–water partition coefficient (Wildman–Crippen LogP) is 2.98. The standard InChI is InChI=1S/C17H30N4S/c1-5-18-17(19-12-16-7-6-14(4)22-16)20-15-8-10-21(11-9-15)13(2)3/h6-7,13,15H,5,8-12H2,1-4H3,(H2,18,19,20). The SMILES string of the molecule is CCNC(=NCc1ccc(C)s1)NC1CCN(C(C)C)CC1. The summed E-state index contributed by atoms with van der Waals surface area (Å²) in [5.74, 6) is 0.955. The van der Waals surface area contributed by atoms with Gasteiger partial charge in [0.1, 0.15) is 0 Å². The van der Waals surface area contributed by atoms with E-state index >= 15 is 0 Å². The molecule has 1 aromatic rings. The summed E-state index contributed by atoms with van der Waals surface area (Å²) in [5.41, 5.74) is 0. The predicted molar refractivity (Wildman–Crippen MR) is 96.7 cm³/mol. The summed E-state index contributed by atoms with van der Waals surface area (Å²) in [6, 6.07) is 5.54. The Labute approximate surface area is 139 Å². The number of nitrogens with one attached hydrogen (secondary N) is 2. The number of aryl methyl sites for hydroxylation is 1. The van der Waals surface area contributed by atoms with Crippen molar-refractivity contribution in [2.24, 2.45) is 4.99 Å². The van der Waals surface area contributed by atoms with E-state index in [-0.39, 0.29) is 0 Å². The van der Waals surface area contributed by atoms with Crippen molar-refractivity contribution in [1.82, 2.24) is 15.5 Å². The first kappa shape index (κ1) is 17.3. The van der Waals surface area contributed by atoms with E-state index in [1.807, 2.05) is 11.3 Å². The second-order valence-corrected chi connectivity index (χ2v) is 7.63. The topological polar surface area (TPSA) is 39.7 Å². The van der Waals surface area contributed by atoms with Crippen LogP contribution in [0.25, 0.3) is 0 Å². The lowest BCUT2D eigenvalue weighted by Gasteiger charge is -2.35. The fraction of sp³-hybridized carbons (Fsp3) is 0.706. The highest BCUT2D eigenvalue weighted by atomic mass is 32.1. The van der Waals surface area contributed by atoms with Crippen LogP contribution in [0.3, 0.4) is 0 Å². The zero-order chi connectivity index (χ0) is 15.9. The maximum atomic E-state index is 4.74. The lowest BCUT2D eigenvalue weighted by molar-refractivity contribution is 0.167. The zero-order valence-electron chi connectivity index (χ0n) is 14.4. The molecule has 1 aliphatic rings. The van der Waals surface area contributed by atoms with Gasteiger partial charge in [-0.25, -0.2) is 4.99 Å². The molecule has 0 unspecified atom stereocenters. The van der Waals surface area contributed by atoms with E-state index in [4.69, 9.17) is 4.99 Å². The molecule has 0 spiro atoms. The van der Waals surface area contributed by atoms with Crippen molar-refractivity contribution in [2.75, 3.05) is 19.6 Å². The summed E-state index contributed by atoms with van der Waals surface area (Å²) < 4.78 is 0. The van der Waals surface area contributed by atoms with E-state index < -0.39 is 0 Å². The van der Waals surface area contributed by atoms with Crippen molar-refractivity contribution in [2.45, 2.75) is 59.2 Å². The second kappa shape index (κ2) is 8.53. The molecule has 2 heterocycles. The van der Waals surface area contributed by atoms with Crippen LogP contribution in [0.2, 0.25) is 0 Å². The third-order valence-electron chi connectivity index (χ3n) is 4.13. The first-order chi connectivity index (χ1) is 10.6. The Kier molecular flexibility index (Phi) is 6.70. The van der Waals surface area contributed by atoms with Gasteiger partial charge in [-0.1, -0.05) is 0 Å². The fourth-order valence-electron chi connectivity index (χ4n) is 2.80. The van der Waals surface area contributed by atoms with Crippen LogP contribution in [0.4, 0.5) is 0 Å². The van der Waals surface area contributed by atoms with Gasteiger partial charge in [-0.15, -0.1) is 11.3 Å². The molecule has 1 fully saturated rings. The number of thiophene rings is 1. The van der Waals surface area contributed by atoms with Crippen LogP contribution in [0.1, 0.15) is 43.4 Å². The maximum Gasteiger partial charge on any atom is 0.191 e. The molecule has 1 aliphatic heterocycles. The molecule has 2 rings (SSSR count). The summed E-state index contributed by atoms with van der Waals surface area (Å²) >= 11 is 1.83. The minimum absolute atomic E-state index is 0.540. The molecule has 1 saturated heterocycles. The summed E-state index contributed by atoms with van der Waals surface area (Å²) in [4.78, 5) is 9.96. The molecule has 0 saturated carbocycles. The Bertz CT molecular complexity index is 473. The van der Waals surface area contributed by atoms with Crippen LogP contribution < -0.4 is 10.6 Å². The van der Waals surface area contributed by atoms with Crippen molar-refractivity contribution in [3.63, 3.8) is 0 Å². The first-order valence-corrected chi connectivity index (χ1v) is 9.24. The minimum Gasteiger partial charge on any atom is -0.357 e. The Hall–Kier alpha value is -1.07. The third kappa shape index (κ3) is 5.29. The highest BCUT2D eigenvalue weighted by Gasteiger charge is 2.21. The second-order valence-electron chi connectivity index (χ2n) is 6.26. The maximum absolute atomic E-state index is 4.74. The molecule has 5 heteroatoms. The van der Waals surface area contributed by atoms with Crippen LogP contribution in [0.5, 0.6) is 0 Å². The number of hydrogen-bond donors (Lipinski definition) is 2. The smallest absolute Gasteiger partial charge is 0.191 e. The molecular weight excluding hydrogens is 292 g/mol. The molecule has 4 nitrogen and oxygen atoms in total. The van der Waals surface area contributed by atoms with Gasteiger partial charge in [0, 0.05) is 41.5 Å². The Morgan fingerprint density at radius 3 is 2.64 bits per heavy atom. The van der Waals surface area contributed by atoms with Crippen molar-refractivity contribution in [3.8, 4) is 0 Å². The lowest BCUT2D eigenvalue weighted by Crippen LogP contribution is -2.49. The number of likely N-dealkylation sites (tertiary alicyclic amines) is 1. The number of piperidine rings is 1. The summed E-state index contributed by atoms with van der Waals surface area (Å²) in [6.45, 7) is 12.8. The summed E-state index contributed by atoms with van der Waals surface area (Å²) in [5, 5.41) is 6.98. The molecule has 2 N–H and O–H groups in total. The number of guanidine groups is 1. The van der Waals surface area contributed by atoms with E-state index in [0.717, 1.165) is 19.0 Å². The molecule has 0 radical (unpaired) electrons. The average molecular weight is 323 g/mol. The van der Waals surface area contributed by atoms with Crippen LogP contribution >= 0.6 is 11.3 Å². The summed E-state index contributed by atoms with van der Waals surface area (Å²) in [7, 11) is 0. The number of aliphatic imine (C=N–C) groups is 1. The van der Waals surface area contributed by atoms with Gasteiger partial charge in [-0.05, 0) is 52.7 Å². The van der Waals surface area contributed by atoms with Gasteiger partial charge in [-0.3, -0.25) is 0 Å². The third-order valence-corrected chi connectivity index (χ3v) is 5.12. The zero-order valence-corrected chi connectivity index (χ0v) is 15.2. The van der Waals surface area contributed by atoms with Crippen LogP contribution in [0, 0.1) is 6.92 Å². The van der Waals surface area contributed by atoms with E-state index in [1.54, 1.807) is 0 Å². The van der Waals surface area contributed by atoms with E-state index in [9.17, 15) is 0 Å². The minimum atomic E-state index is 0.540. The Morgan fingerprint density at radius 2 is 2.09 bits per heavy atom. The highest BCUT2D eigenvalue weighted by molar-refractivity contribution is 7.11. The van der Waals surface area contributed by atoms with Crippen molar-refractivity contribution in [1.29, 1.82) is 0 Å². The van der Waals surface area contributed by atoms with Gasteiger partial charge in [-0.2, -0.15) is 0 Å². The van der Waals surface area contributed by atoms with Crippen molar-refractivity contribution < 1.29 is 0 Å². The quantitative estimate of drug-likeness (QED) is 0.647. The van der Waals surface area contributed by atoms with Crippen molar-refractivity contribution >= 4 is 17.3 Å². The van der Waals surface area contributed by atoms with Gasteiger partial charge >= 0.3 is 0 Å². The molecule has 0 bridgehead atoms. The van der Waals surface area contributed by atoms with Crippen LogP contribution in [0.15, 0.2) is 17.1 Å². The van der Waals surface area contributed by atoms with E-state index in [2.05, 4.69) is 55.4 Å². The van der Waals surface area contributed by atoms with Gasteiger partial charge in [0.25, 0.3) is 0 Å². The molecule has 0 aromatic carbocycles. The number of hydrogen-bond acceptors (Lipinski definition) is 3. The van der Waals surface area contributed by atoms with Gasteiger partial charge in [0.05, 0.1) is 6.54 Å². The fourth-order valence-corrected chi connectivity index (χ4v) is 3.62. The molecule has 1 aromatic heterocycles. The molecule has 0 atom stereocenters. The van der Waals surface area contributed by atoms with Crippen LogP contribution in [-0.2, 0) is 6.54 Å².